The molecule has 0 radical (unpaired) electrons. The first kappa shape index (κ1) is 19.5. The van der Waals surface area contributed by atoms with Gasteiger partial charge in [-0.3, -0.25) is 9.59 Å². The number of benzene rings is 2. The molecule has 1 amide bonds. The number of hydrogen-bond acceptors (Lipinski definition) is 4. The molecule has 26 heavy (non-hydrogen) atoms. The molecule has 2 aromatic rings. The standard InChI is InChI=1S/C21H25NO4/c1-15-4-6-18(7-5-15)14-22-21(24)16(2)26-20(23)13-10-17-8-11-19(25-3)12-9-17/h4-9,11-12,16H,10,13-14H2,1-3H3,(H,22,24)/t16-/m1/s1. The minimum atomic E-state index is -0.816. The maximum atomic E-state index is 12.1. The first-order valence-corrected chi connectivity index (χ1v) is 8.63. The molecule has 0 fully saturated rings. The van der Waals surface area contributed by atoms with Gasteiger partial charge in [-0.05, 0) is 43.5 Å². The molecule has 138 valence electrons. The summed E-state index contributed by atoms with van der Waals surface area (Å²) in [5, 5.41) is 2.78. The summed E-state index contributed by atoms with van der Waals surface area (Å²) in [6.45, 7) is 4.00. The van der Waals surface area contributed by atoms with E-state index in [9.17, 15) is 9.59 Å². The van der Waals surface area contributed by atoms with Crippen LogP contribution in [0.5, 0.6) is 5.75 Å². The fourth-order valence-electron chi connectivity index (χ4n) is 2.39. The zero-order valence-electron chi connectivity index (χ0n) is 15.5. The van der Waals surface area contributed by atoms with Crippen LogP contribution in [0.4, 0.5) is 0 Å². The third kappa shape index (κ3) is 6.24. The largest absolute Gasteiger partial charge is 0.497 e. The number of esters is 1. The minimum Gasteiger partial charge on any atom is -0.497 e. The molecule has 0 saturated carbocycles. The Hall–Kier alpha value is -2.82. The summed E-state index contributed by atoms with van der Waals surface area (Å²) in [4.78, 5) is 24.0. The van der Waals surface area contributed by atoms with E-state index >= 15 is 0 Å². The van der Waals surface area contributed by atoms with Crippen LogP contribution < -0.4 is 10.1 Å². The fourth-order valence-corrected chi connectivity index (χ4v) is 2.39. The second kappa shape index (κ2) is 9.61. The summed E-state index contributed by atoms with van der Waals surface area (Å²) < 4.78 is 10.3. The number of aryl methyl sites for hydroxylation is 2. The molecular weight excluding hydrogens is 330 g/mol. The first-order valence-electron chi connectivity index (χ1n) is 8.63. The highest BCUT2D eigenvalue weighted by atomic mass is 16.5. The Bertz CT molecular complexity index is 723. The predicted octanol–water partition coefficient (Wildman–Crippen LogP) is 3.18. The smallest absolute Gasteiger partial charge is 0.306 e. The summed E-state index contributed by atoms with van der Waals surface area (Å²) in [6.07, 6.45) is -0.0357. The maximum Gasteiger partial charge on any atom is 0.306 e. The van der Waals surface area contributed by atoms with Gasteiger partial charge in [-0.1, -0.05) is 42.0 Å². The normalized spacial score (nSPS) is 11.5. The maximum absolute atomic E-state index is 12.1. The quantitative estimate of drug-likeness (QED) is 0.739. The highest BCUT2D eigenvalue weighted by Crippen LogP contribution is 2.13. The number of carbonyl (C=O) groups is 2. The number of ether oxygens (including phenoxy) is 2. The van der Waals surface area contributed by atoms with Crippen LogP contribution >= 0.6 is 0 Å². The van der Waals surface area contributed by atoms with Gasteiger partial charge in [-0.15, -0.1) is 0 Å². The van der Waals surface area contributed by atoms with Gasteiger partial charge in [0.2, 0.25) is 0 Å². The van der Waals surface area contributed by atoms with Gasteiger partial charge in [0.05, 0.1) is 7.11 Å². The van der Waals surface area contributed by atoms with Crippen molar-refractivity contribution in [3.8, 4) is 5.75 Å². The monoisotopic (exact) mass is 355 g/mol. The topological polar surface area (TPSA) is 64.6 Å². The van der Waals surface area contributed by atoms with Crippen molar-refractivity contribution in [3.05, 3.63) is 65.2 Å². The van der Waals surface area contributed by atoms with Crippen molar-refractivity contribution >= 4 is 11.9 Å². The van der Waals surface area contributed by atoms with Crippen LogP contribution in [0.2, 0.25) is 0 Å². The van der Waals surface area contributed by atoms with Gasteiger partial charge in [0.25, 0.3) is 5.91 Å². The second-order valence-corrected chi connectivity index (χ2v) is 6.18. The van der Waals surface area contributed by atoms with Gasteiger partial charge in [0, 0.05) is 13.0 Å². The summed E-state index contributed by atoms with van der Waals surface area (Å²) in [5.74, 6) is 0.0809. The van der Waals surface area contributed by atoms with E-state index in [1.54, 1.807) is 14.0 Å². The van der Waals surface area contributed by atoms with Crippen molar-refractivity contribution < 1.29 is 19.1 Å². The molecule has 0 spiro atoms. The summed E-state index contributed by atoms with van der Waals surface area (Å²) >= 11 is 0. The molecule has 1 atom stereocenters. The second-order valence-electron chi connectivity index (χ2n) is 6.18. The van der Waals surface area contributed by atoms with Gasteiger partial charge in [0.1, 0.15) is 5.75 Å². The van der Waals surface area contributed by atoms with E-state index < -0.39 is 6.10 Å². The van der Waals surface area contributed by atoms with Crippen LogP contribution in [0.25, 0.3) is 0 Å². The zero-order chi connectivity index (χ0) is 18.9. The van der Waals surface area contributed by atoms with Crippen LogP contribution in [0.3, 0.4) is 0 Å². The third-order valence-corrected chi connectivity index (χ3v) is 4.04. The van der Waals surface area contributed by atoms with Gasteiger partial charge in [-0.2, -0.15) is 0 Å². The van der Waals surface area contributed by atoms with Crippen LogP contribution in [0.1, 0.15) is 30.0 Å². The Morgan fingerprint density at radius 3 is 2.23 bits per heavy atom. The van der Waals surface area contributed by atoms with E-state index in [1.165, 1.54) is 5.56 Å². The van der Waals surface area contributed by atoms with Crippen LogP contribution in [-0.2, 0) is 27.3 Å². The molecule has 0 aliphatic heterocycles. The average molecular weight is 355 g/mol. The van der Waals surface area contributed by atoms with Crippen molar-refractivity contribution in [1.29, 1.82) is 0 Å². The lowest BCUT2D eigenvalue weighted by atomic mass is 10.1. The van der Waals surface area contributed by atoms with Crippen LogP contribution in [0, 0.1) is 6.92 Å². The summed E-state index contributed by atoms with van der Waals surface area (Å²) in [7, 11) is 1.61. The molecule has 0 aliphatic rings. The molecular formula is C21H25NO4. The number of methoxy groups -OCH3 is 1. The molecule has 0 heterocycles. The predicted molar refractivity (Wildman–Crippen MR) is 99.9 cm³/mol. The molecule has 0 saturated heterocycles. The molecule has 0 aliphatic carbocycles. The number of nitrogens with one attached hydrogen (secondary N) is 1. The SMILES string of the molecule is COc1ccc(CCC(=O)O[C@H](C)C(=O)NCc2ccc(C)cc2)cc1. The Morgan fingerprint density at radius 1 is 1.00 bits per heavy atom. The highest BCUT2D eigenvalue weighted by Gasteiger charge is 2.17. The molecule has 5 nitrogen and oxygen atoms in total. The average Bonchev–Trinajstić information content (AvgIpc) is 2.66. The van der Waals surface area contributed by atoms with E-state index in [0.717, 1.165) is 16.9 Å². The van der Waals surface area contributed by atoms with Gasteiger partial charge >= 0.3 is 5.97 Å². The van der Waals surface area contributed by atoms with Crippen molar-refractivity contribution in [3.63, 3.8) is 0 Å². The molecule has 2 aromatic carbocycles. The van der Waals surface area contributed by atoms with E-state index in [2.05, 4.69) is 5.32 Å². The first-order chi connectivity index (χ1) is 12.5. The molecule has 0 bridgehead atoms. The summed E-state index contributed by atoms with van der Waals surface area (Å²) in [5.41, 5.74) is 3.18. The molecule has 5 heteroatoms. The highest BCUT2D eigenvalue weighted by molar-refractivity contribution is 5.83. The van der Waals surface area contributed by atoms with Crippen molar-refractivity contribution in [1.82, 2.24) is 5.32 Å². The van der Waals surface area contributed by atoms with Gasteiger partial charge in [0.15, 0.2) is 6.10 Å². The third-order valence-electron chi connectivity index (χ3n) is 4.04. The Labute approximate surface area is 154 Å². The lowest BCUT2D eigenvalue weighted by Gasteiger charge is -2.13. The van der Waals surface area contributed by atoms with Crippen molar-refractivity contribution in [2.75, 3.05) is 7.11 Å². The van der Waals surface area contributed by atoms with Crippen molar-refractivity contribution in [2.24, 2.45) is 0 Å². The Morgan fingerprint density at radius 2 is 1.62 bits per heavy atom. The minimum absolute atomic E-state index is 0.224. The van der Waals surface area contributed by atoms with Gasteiger partial charge < -0.3 is 14.8 Å². The Kier molecular flexibility index (Phi) is 7.21. The fraction of sp³-hybridized carbons (Fsp3) is 0.333. The van der Waals surface area contributed by atoms with E-state index in [0.29, 0.717) is 13.0 Å². The number of carbonyl (C=O) groups excluding carboxylic acids is 2. The number of hydrogen-bond donors (Lipinski definition) is 1. The molecule has 0 unspecified atom stereocenters. The van der Waals surface area contributed by atoms with Gasteiger partial charge in [-0.25, -0.2) is 0 Å². The van der Waals surface area contributed by atoms with Crippen LogP contribution in [0.15, 0.2) is 48.5 Å². The molecule has 0 aromatic heterocycles. The zero-order valence-corrected chi connectivity index (χ0v) is 15.5. The summed E-state index contributed by atoms with van der Waals surface area (Å²) in [6, 6.07) is 15.4. The van der Waals surface area contributed by atoms with E-state index in [-0.39, 0.29) is 18.3 Å². The van der Waals surface area contributed by atoms with Crippen molar-refractivity contribution in [2.45, 2.75) is 39.3 Å². The lowest BCUT2D eigenvalue weighted by Crippen LogP contribution is -2.35. The number of amides is 1. The van der Waals surface area contributed by atoms with Crippen LogP contribution in [-0.4, -0.2) is 25.1 Å². The molecule has 2 rings (SSSR count). The lowest BCUT2D eigenvalue weighted by molar-refractivity contribution is -0.154. The van der Waals surface area contributed by atoms with E-state index in [1.807, 2.05) is 55.5 Å². The Balaban J connectivity index is 1.72. The molecule has 1 N–H and O–H groups in total. The van der Waals surface area contributed by atoms with E-state index in [4.69, 9.17) is 9.47 Å². The number of rotatable bonds is 8.